The number of nitrogens with one attached hydrogen (secondary N) is 1. The molecule has 0 saturated heterocycles. The lowest BCUT2D eigenvalue weighted by atomic mass is 10.3. The predicted molar refractivity (Wildman–Crippen MR) is 63.1 cm³/mol. The molecule has 18 heavy (non-hydrogen) atoms. The van der Waals surface area contributed by atoms with E-state index in [0.29, 0.717) is 0 Å². The maximum Gasteiger partial charge on any atom is 0.264 e. The second kappa shape index (κ2) is 4.46. The molecular weight excluding hydrogens is 285 g/mol. The van der Waals surface area contributed by atoms with Gasteiger partial charge in [0.1, 0.15) is 17.0 Å². The lowest BCUT2D eigenvalue weighted by molar-refractivity contribution is 0.423. The SMILES string of the molecule is Nc1cc(S(=O)(=O)Nc2ccon2)c(Cl)cc1F. The van der Waals surface area contributed by atoms with Crippen molar-refractivity contribution in [3.63, 3.8) is 0 Å². The smallest absolute Gasteiger partial charge is 0.264 e. The maximum absolute atomic E-state index is 13.1. The van der Waals surface area contributed by atoms with Gasteiger partial charge in [-0.25, -0.2) is 12.8 Å². The number of nitrogens with two attached hydrogens (primary N) is 1. The van der Waals surface area contributed by atoms with Crippen molar-refractivity contribution in [2.24, 2.45) is 0 Å². The van der Waals surface area contributed by atoms with Gasteiger partial charge in [0.25, 0.3) is 10.0 Å². The van der Waals surface area contributed by atoms with Crippen molar-refractivity contribution in [3.8, 4) is 0 Å². The number of nitrogens with zero attached hydrogens (tertiary/aromatic N) is 1. The molecule has 0 spiro atoms. The molecule has 6 nitrogen and oxygen atoms in total. The molecule has 0 aliphatic heterocycles. The monoisotopic (exact) mass is 291 g/mol. The van der Waals surface area contributed by atoms with Gasteiger partial charge in [0.2, 0.25) is 0 Å². The number of halogens is 2. The van der Waals surface area contributed by atoms with Crippen LogP contribution in [0, 0.1) is 5.82 Å². The number of sulfonamides is 1. The average Bonchev–Trinajstić information content (AvgIpc) is 2.75. The zero-order chi connectivity index (χ0) is 13.3. The molecular formula is C9H7ClFN3O3S. The Kier molecular flexibility index (Phi) is 3.14. The number of benzene rings is 1. The van der Waals surface area contributed by atoms with E-state index in [1.807, 2.05) is 0 Å². The lowest BCUT2D eigenvalue weighted by Crippen LogP contribution is -2.14. The number of nitrogen functional groups attached to an aromatic ring is 1. The summed E-state index contributed by atoms with van der Waals surface area (Å²) < 4.78 is 43.5. The molecule has 2 rings (SSSR count). The van der Waals surface area contributed by atoms with Crippen LogP contribution in [0.25, 0.3) is 0 Å². The zero-order valence-corrected chi connectivity index (χ0v) is 10.3. The van der Waals surface area contributed by atoms with Crippen molar-refractivity contribution in [3.05, 3.63) is 35.3 Å². The Balaban J connectivity index is 2.44. The summed E-state index contributed by atoms with van der Waals surface area (Å²) in [6.45, 7) is 0. The Bertz CT molecular complexity index is 673. The van der Waals surface area contributed by atoms with Crippen LogP contribution in [-0.2, 0) is 10.0 Å². The van der Waals surface area contributed by atoms with Crippen LogP contribution in [0.1, 0.15) is 0 Å². The molecule has 2 aromatic rings. The quantitative estimate of drug-likeness (QED) is 0.841. The first-order chi connectivity index (χ1) is 8.40. The molecule has 1 aromatic carbocycles. The van der Waals surface area contributed by atoms with E-state index in [0.717, 1.165) is 12.1 Å². The van der Waals surface area contributed by atoms with E-state index < -0.39 is 15.8 Å². The maximum atomic E-state index is 13.1. The van der Waals surface area contributed by atoms with Crippen LogP contribution in [0.2, 0.25) is 5.02 Å². The lowest BCUT2D eigenvalue weighted by Gasteiger charge is -2.08. The number of rotatable bonds is 3. The van der Waals surface area contributed by atoms with E-state index >= 15 is 0 Å². The van der Waals surface area contributed by atoms with E-state index in [9.17, 15) is 12.8 Å². The fourth-order valence-corrected chi connectivity index (χ4v) is 2.75. The molecule has 1 heterocycles. The second-order valence-corrected chi connectivity index (χ2v) is 5.35. The topological polar surface area (TPSA) is 98.2 Å². The molecule has 0 aliphatic carbocycles. The third-order valence-electron chi connectivity index (χ3n) is 2.02. The van der Waals surface area contributed by atoms with Crippen LogP contribution >= 0.6 is 11.6 Å². The van der Waals surface area contributed by atoms with Crippen LogP contribution in [0.3, 0.4) is 0 Å². The molecule has 0 radical (unpaired) electrons. The van der Waals surface area contributed by atoms with Gasteiger partial charge in [-0.1, -0.05) is 16.8 Å². The minimum atomic E-state index is -4.00. The number of hydrogen-bond donors (Lipinski definition) is 2. The molecule has 0 amide bonds. The van der Waals surface area contributed by atoms with Gasteiger partial charge < -0.3 is 10.3 Å². The van der Waals surface area contributed by atoms with Gasteiger partial charge in [-0.15, -0.1) is 0 Å². The van der Waals surface area contributed by atoms with E-state index in [-0.39, 0.29) is 21.4 Å². The number of aromatic nitrogens is 1. The summed E-state index contributed by atoms with van der Waals surface area (Å²) >= 11 is 5.67. The highest BCUT2D eigenvalue weighted by Gasteiger charge is 2.21. The number of anilines is 2. The molecule has 96 valence electrons. The van der Waals surface area contributed by atoms with E-state index in [1.54, 1.807) is 0 Å². The highest BCUT2D eigenvalue weighted by molar-refractivity contribution is 7.92. The van der Waals surface area contributed by atoms with Gasteiger partial charge in [0.15, 0.2) is 5.82 Å². The van der Waals surface area contributed by atoms with Crippen LogP contribution in [-0.4, -0.2) is 13.6 Å². The van der Waals surface area contributed by atoms with Crippen molar-refractivity contribution in [1.82, 2.24) is 5.16 Å². The van der Waals surface area contributed by atoms with E-state index in [2.05, 4.69) is 14.4 Å². The van der Waals surface area contributed by atoms with Gasteiger partial charge in [0, 0.05) is 6.07 Å². The summed E-state index contributed by atoms with van der Waals surface area (Å²) in [7, 11) is -4.00. The Morgan fingerprint density at radius 3 is 2.78 bits per heavy atom. The second-order valence-electron chi connectivity index (χ2n) is 3.29. The third kappa shape index (κ3) is 2.39. The highest BCUT2D eigenvalue weighted by Crippen LogP contribution is 2.27. The minimum Gasteiger partial charge on any atom is -0.396 e. The Morgan fingerprint density at radius 2 is 2.17 bits per heavy atom. The molecule has 0 bridgehead atoms. The zero-order valence-electron chi connectivity index (χ0n) is 8.72. The molecule has 0 fully saturated rings. The van der Waals surface area contributed by atoms with E-state index in [1.165, 1.54) is 12.3 Å². The van der Waals surface area contributed by atoms with Gasteiger partial charge in [-0.05, 0) is 12.1 Å². The van der Waals surface area contributed by atoms with Gasteiger partial charge in [0.05, 0.1) is 10.7 Å². The summed E-state index contributed by atoms with van der Waals surface area (Å²) in [4.78, 5) is -0.342. The molecule has 9 heteroatoms. The van der Waals surface area contributed by atoms with Gasteiger partial charge in [-0.3, -0.25) is 4.72 Å². The van der Waals surface area contributed by atoms with Crippen LogP contribution in [0.5, 0.6) is 0 Å². The summed E-state index contributed by atoms with van der Waals surface area (Å²) in [5.41, 5.74) is 4.98. The van der Waals surface area contributed by atoms with Crippen LogP contribution in [0.4, 0.5) is 15.9 Å². The molecule has 1 aromatic heterocycles. The third-order valence-corrected chi connectivity index (χ3v) is 3.84. The Morgan fingerprint density at radius 1 is 1.44 bits per heavy atom. The fourth-order valence-electron chi connectivity index (χ4n) is 1.21. The predicted octanol–water partition coefficient (Wildman–Crippen LogP) is 1.85. The first kappa shape index (κ1) is 12.7. The van der Waals surface area contributed by atoms with Gasteiger partial charge in [-0.2, -0.15) is 0 Å². The first-order valence-corrected chi connectivity index (χ1v) is 6.44. The highest BCUT2D eigenvalue weighted by atomic mass is 35.5. The Hall–Kier alpha value is -1.80. The minimum absolute atomic E-state index is 0.0195. The van der Waals surface area contributed by atoms with E-state index in [4.69, 9.17) is 17.3 Å². The molecule has 0 unspecified atom stereocenters. The van der Waals surface area contributed by atoms with Crippen LogP contribution in [0.15, 0.2) is 33.9 Å². The molecule has 0 saturated carbocycles. The van der Waals surface area contributed by atoms with Gasteiger partial charge >= 0.3 is 0 Å². The Labute approximate surface area is 107 Å². The largest absolute Gasteiger partial charge is 0.396 e. The molecule has 0 atom stereocenters. The summed E-state index contributed by atoms with van der Waals surface area (Å²) in [5, 5.41) is 3.10. The van der Waals surface area contributed by atoms with Crippen LogP contribution < -0.4 is 10.5 Å². The molecule has 0 aliphatic rings. The summed E-state index contributed by atoms with van der Waals surface area (Å²) in [6.07, 6.45) is 1.19. The van der Waals surface area contributed by atoms with Crippen molar-refractivity contribution in [1.29, 1.82) is 0 Å². The van der Waals surface area contributed by atoms with Crippen molar-refractivity contribution < 1.29 is 17.3 Å². The molecule has 3 N–H and O–H groups in total. The first-order valence-electron chi connectivity index (χ1n) is 4.58. The average molecular weight is 292 g/mol. The van der Waals surface area contributed by atoms with Crippen molar-refractivity contribution in [2.75, 3.05) is 10.5 Å². The fraction of sp³-hybridized carbons (Fsp3) is 0. The van der Waals surface area contributed by atoms with Crippen molar-refractivity contribution >= 4 is 33.1 Å². The normalized spacial score (nSPS) is 11.4. The number of hydrogen-bond acceptors (Lipinski definition) is 5. The standard InChI is InChI=1S/C9H7ClFN3O3S/c10-5-3-6(11)7(12)4-8(5)18(15,16)14-9-1-2-17-13-9/h1-4H,12H2,(H,13,14). The summed E-state index contributed by atoms with van der Waals surface area (Å²) in [5.74, 6) is -0.811. The summed E-state index contributed by atoms with van der Waals surface area (Å²) in [6, 6.07) is 3.06. The van der Waals surface area contributed by atoms with Crippen molar-refractivity contribution in [2.45, 2.75) is 4.90 Å².